The second-order valence-electron chi connectivity index (χ2n) is 2.77. The quantitative estimate of drug-likeness (QED) is 0.432. The fourth-order valence-corrected chi connectivity index (χ4v) is 1.29. The Morgan fingerprint density at radius 3 is 2.56 bits per heavy atom. The van der Waals surface area contributed by atoms with Crippen LogP contribution in [0.4, 0.5) is 0 Å². The van der Waals surface area contributed by atoms with Crippen LogP contribution in [0.2, 0.25) is 0 Å². The van der Waals surface area contributed by atoms with E-state index in [1.54, 1.807) is 0 Å². The number of aromatic hydroxyl groups is 1. The standard InChI is InChI=1S/C8H11O6P.Na.H/c1-13-8-4-6(2-3-7(8)9)5-14-15(10,11)12;;/h2-4,9H,5H2,1H3,(H2,10,11,12);;/q;+1;-1. The number of phenols is 1. The molecule has 16 heavy (non-hydrogen) atoms. The van der Waals surface area contributed by atoms with E-state index in [-0.39, 0.29) is 49.1 Å². The van der Waals surface area contributed by atoms with Crippen molar-refractivity contribution in [1.29, 1.82) is 0 Å². The fourth-order valence-electron chi connectivity index (χ4n) is 0.970. The molecule has 0 aliphatic heterocycles. The third-order valence-corrected chi connectivity index (χ3v) is 2.11. The zero-order valence-corrected chi connectivity index (χ0v) is 11.8. The van der Waals surface area contributed by atoms with Crippen LogP contribution in [0.5, 0.6) is 11.5 Å². The van der Waals surface area contributed by atoms with Crippen molar-refractivity contribution in [3.05, 3.63) is 23.8 Å². The van der Waals surface area contributed by atoms with Crippen LogP contribution < -0.4 is 34.3 Å². The van der Waals surface area contributed by atoms with Crippen LogP contribution in [0.15, 0.2) is 18.2 Å². The minimum Gasteiger partial charge on any atom is -1.00 e. The largest absolute Gasteiger partial charge is 1.00 e. The Kier molecular flexibility index (Phi) is 6.58. The molecule has 0 atom stereocenters. The molecule has 0 saturated heterocycles. The van der Waals surface area contributed by atoms with E-state index in [0.717, 1.165) is 0 Å². The number of hydrogen-bond donors (Lipinski definition) is 3. The van der Waals surface area contributed by atoms with Crippen molar-refractivity contribution in [2.24, 2.45) is 0 Å². The first-order chi connectivity index (χ1) is 6.92. The van der Waals surface area contributed by atoms with Gasteiger partial charge in [-0.2, -0.15) is 0 Å². The van der Waals surface area contributed by atoms with Gasteiger partial charge in [-0.15, -0.1) is 0 Å². The normalized spacial score (nSPS) is 10.7. The SMILES string of the molecule is COc1cc(COP(=O)(O)O)ccc1O.[H-].[Na+]. The number of phenolic OH excluding ortho intramolecular Hbond substituents is 1. The van der Waals surface area contributed by atoms with E-state index in [4.69, 9.17) is 14.5 Å². The van der Waals surface area contributed by atoms with Crippen LogP contribution in [-0.4, -0.2) is 22.0 Å². The van der Waals surface area contributed by atoms with Crippen LogP contribution in [0, 0.1) is 0 Å². The summed E-state index contributed by atoms with van der Waals surface area (Å²) in [5, 5.41) is 9.24. The topological polar surface area (TPSA) is 96.2 Å². The Balaban J connectivity index is 0. The summed E-state index contributed by atoms with van der Waals surface area (Å²) in [7, 11) is -3.09. The van der Waals surface area contributed by atoms with Crippen LogP contribution in [0.3, 0.4) is 0 Å². The van der Waals surface area contributed by atoms with Crippen LogP contribution in [-0.2, 0) is 15.7 Å². The summed E-state index contributed by atoms with van der Waals surface area (Å²) >= 11 is 0. The number of ether oxygens (including phenoxy) is 1. The molecule has 8 heteroatoms. The molecule has 86 valence electrons. The predicted molar refractivity (Wildman–Crippen MR) is 52.6 cm³/mol. The van der Waals surface area contributed by atoms with Gasteiger partial charge in [0.15, 0.2) is 11.5 Å². The average molecular weight is 258 g/mol. The third kappa shape index (κ3) is 5.32. The van der Waals surface area contributed by atoms with Gasteiger partial charge in [-0.25, -0.2) is 4.57 Å². The Morgan fingerprint density at radius 2 is 2.06 bits per heavy atom. The summed E-state index contributed by atoms with van der Waals surface area (Å²) in [4.78, 5) is 16.9. The first-order valence-electron chi connectivity index (χ1n) is 3.98. The summed E-state index contributed by atoms with van der Waals surface area (Å²) in [6, 6.07) is 4.27. The molecule has 0 bridgehead atoms. The summed E-state index contributed by atoms with van der Waals surface area (Å²) in [6.45, 7) is -0.249. The molecule has 0 heterocycles. The number of benzene rings is 1. The predicted octanol–water partition coefficient (Wildman–Crippen LogP) is -1.87. The smallest absolute Gasteiger partial charge is 1.00 e. The second kappa shape index (κ2) is 6.61. The molecule has 0 aliphatic rings. The molecule has 0 spiro atoms. The molecular formula is C8H12NaO6P. The minimum atomic E-state index is -4.47. The molecule has 1 aromatic rings. The maximum absolute atomic E-state index is 10.4. The minimum absolute atomic E-state index is 0. The molecule has 0 unspecified atom stereocenters. The number of rotatable bonds is 4. The van der Waals surface area contributed by atoms with Gasteiger partial charge in [-0.3, -0.25) is 4.52 Å². The van der Waals surface area contributed by atoms with Gasteiger partial charge in [-0.05, 0) is 17.7 Å². The van der Waals surface area contributed by atoms with Gasteiger partial charge in [0, 0.05) is 0 Å². The first kappa shape index (κ1) is 15.9. The van der Waals surface area contributed by atoms with Gasteiger partial charge < -0.3 is 21.1 Å². The number of methoxy groups -OCH3 is 1. The molecule has 0 aromatic heterocycles. The van der Waals surface area contributed by atoms with Crippen molar-refractivity contribution >= 4 is 7.82 Å². The molecule has 1 aromatic carbocycles. The molecule has 0 fully saturated rings. The van der Waals surface area contributed by atoms with Crippen molar-refractivity contribution in [2.45, 2.75) is 6.61 Å². The van der Waals surface area contributed by atoms with E-state index in [0.29, 0.717) is 5.56 Å². The van der Waals surface area contributed by atoms with Gasteiger partial charge in [0.05, 0.1) is 13.7 Å². The maximum Gasteiger partial charge on any atom is 1.00 e. The molecule has 1 rings (SSSR count). The zero-order chi connectivity index (χ0) is 11.5. The van der Waals surface area contributed by atoms with Crippen molar-refractivity contribution in [3.63, 3.8) is 0 Å². The molecule has 0 radical (unpaired) electrons. The van der Waals surface area contributed by atoms with Gasteiger partial charge in [0.2, 0.25) is 0 Å². The maximum atomic E-state index is 10.4. The van der Waals surface area contributed by atoms with E-state index in [2.05, 4.69) is 4.52 Å². The van der Waals surface area contributed by atoms with Crippen LogP contribution in [0.25, 0.3) is 0 Å². The molecule has 0 saturated carbocycles. The fraction of sp³-hybridized carbons (Fsp3) is 0.250. The Hall–Kier alpha value is -0.0700. The van der Waals surface area contributed by atoms with E-state index in [1.807, 2.05) is 0 Å². The van der Waals surface area contributed by atoms with Gasteiger partial charge >= 0.3 is 37.4 Å². The molecule has 6 nitrogen and oxygen atoms in total. The number of hydrogen-bond acceptors (Lipinski definition) is 4. The van der Waals surface area contributed by atoms with Gasteiger partial charge in [0.1, 0.15) is 0 Å². The Labute approximate surface area is 116 Å². The van der Waals surface area contributed by atoms with Crippen molar-refractivity contribution in [1.82, 2.24) is 0 Å². The van der Waals surface area contributed by atoms with E-state index < -0.39 is 7.82 Å². The zero-order valence-electron chi connectivity index (χ0n) is 9.95. The van der Waals surface area contributed by atoms with Crippen LogP contribution >= 0.6 is 7.82 Å². The summed E-state index contributed by atoms with van der Waals surface area (Å²) in [6.07, 6.45) is 0. The van der Waals surface area contributed by atoms with Gasteiger partial charge in [-0.1, -0.05) is 6.07 Å². The summed E-state index contributed by atoms with van der Waals surface area (Å²) < 4.78 is 19.5. The molecule has 3 N–H and O–H groups in total. The average Bonchev–Trinajstić information content (AvgIpc) is 2.15. The Bertz CT molecular complexity index is 396. The second-order valence-corrected chi connectivity index (χ2v) is 4.01. The summed E-state index contributed by atoms with van der Waals surface area (Å²) in [5.74, 6) is 0.180. The molecule has 0 aliphatic carbocycles. The van der Waals surface area contributed by atoms with E-state index in [1.165, 1.54) is 25.3 Å². The van der Waals surface area contributed by atoms with Crippen LogP contribution in [0.1, 0.15) is 6.99 Å². The van der Waals surface area contributed by atoms with E-state index in [9.17, 15) is 9.67 Å². The molecule has 0 amide bonds. The van der Waals surface area contributed by atoms with Crippen molar-refractivity contribution in [3.8, 4) is 11.5 Å². The van der Waals surface area contributed by atoms with Crippen molar-refractivity contribution < 1.29 is 59.7 Å². The first-order valence-corrected chi connectivity index (χ1v) is 5.51. The van der Waals surface area contributed by atoms with Crippen molar-refractivity contribution in [2.75, 3.05) is 7.11 Å². The third-order valence-electron chi connectivity index (χ3n) is 1.64. The number of phosphoric acid groups is 1. The summed E-state index contributed by atoms with van der Waals surface area (Å²) in [5.41, 5.74) is 0.493. The number of phosphoric ester groups is 1. The molecular weight excluding hydrogens is 246 g/mol. The monoisotopic (exact) mass is 258 g/mol. The van der Waals surface area contributed by atoms with Gasteiger partial charge in [0.25, 0.3) is 0 Å². The van der Waals surface area contributed by atoms with E-state index >= 15 is 0 Å². The Morgan fingerprint density at radius 1 is 1.44 bits per heavy atom.